The number of Topliss-reactive ketones (excluding diaryl/α,β-unsaturated/α-hetero) is 1. The van der Waals surface area contributed by atoms with E-state index in [4.69, 9.17) is 5.11 Å². The Morgan fingerprint density at radius 3 is 2.32 bits per heavy atom. The summed E-state index contributed by atoms with van der Waals surface area (Å²) < 4.78 is 0. The first-order valence-electron chi connectivity index (χ1n) is 10.5. The van der Waals surface area contributed by atoms with Gasteiger partial charge in [-0.15, -0.1) is 0 Å². The van der Waals surface area contributed by atoms with Crippen molar-refractivity contribution >= 4 is 5.78 Å². The van der Waals surface area contributed by atoms with Gasteiger partial charge in [-0.3, -0.25) is 4.79 Å². The van der Waals surface area contributed by atoms with E-state index in [-0.39, 0.29) is 24.2 Å². The van der Waals surface area contributed by atoms with Gasteiger partial charge in [0.1, 0.15) is 5.78 Å². The number of unbranched alkanes of at least 4 members (excludes halogenated alkanes) is 5. The molecule has 0 aromatic heterocycles. The zero-order valence-corrected chi connectivity index (χ0v) is 16.4. The predicted octanol–water partition coefficient (Wildman–Crippen LogP) is 4.00. The third kappa shape index (κ3) is 8.65. The van der Waals surface area contributed by atoms with E-state index in [1.807, 2.05) is 6.92 Å². The molecule has 1 fully saturated rings. The molecule has 148 valence electrons. The molecule has 1 saturated carbocycles. The molecule has 0 aromatic rings. The van der Waals surface area contributed by atoms with Gasteiger partial charge in [-0.25, -0.2) is 0 Å². The molecule has 4 atom stereocenters. The lowest BCUT2D eigenvalue weighted by atomic mass is 9.83. The molecule has 1 aliphatic carbocycles. The van der Waals surface area contributed by atoms with E-state index >= 15 is 0 Å². The van der Waals surface area contributed by atoms with Crippen LogP contribution in [-0.4, -0.2) is 39.4 Å². The van der Waals surface area contributed by atoms with Crippen molar-refractivity contribution in [3.8, 4) is 0 Å². The summed E-state index contributed by atoms with van der Waals surface area (Å²) in [5, 5.41) is 29.5. The van der Waals surface area contributed by atoms with Gasteiger partial charge in [-0.2, -0.15) is 0 Å². The summed E-state index contributed by atoms with van der Waals surface area (Å²) in [5.74, 6) is 0.311. The van der Waals surface area contributed by atoms with Crippen LogP contribution in [0.15, 0.2) is 0 Å². The molecule has 0 aromatic carbocycles. The van der Waals surface area contributed by atoms with Crippen LogP contribution in [0.5, 0.6) is 0 Å². The van der Waals surface area contributed by atoms with Crippen molar-refractivity contribution in [2.75, 3.05) is 6.61 Å². The van der Waals surface area contributed by atoms with Crippen LogP contribution in [0.2, 0.25) is 0 Å². The molecule has 0 bridgehead atoms. The van der Waals surface area contributed by atoms with Crippen molar-refractivity contribution in [2.24, 2.45) is 11.8 Å². The van der Waals surface area contributed by atoms with Gasteiger partial charge in [-0.05, 0) is 44.9 Å². The first kappa shape index (κ1) is 22.6. The third-order valence-corrected chi connectivity index (χ3v) is 5.83. The highest BCUT2D eigenvalue weighted by molar-refractivity contribution is 5.84. The summed E-state index contributed by atoms with van der Waals surface area (Å²) in [7, 11) is 0. The highest BCUT2D eigenvalue weighted by Gasteiger charge is 2.40. The van der Waals surface area contributed by atoms with E-state index in [0.29, 0.717) is 6.42 Å². The van der Waals surface area contributed by atoms with Crippen molar-refractivity contribution in [1.29, 1.82) is 0 Å². The van der Waals surface area contributed by atoms with E-state index in [1.54, 1.807) is 0 Å². The van der Waals surface area contributed by atoms with Crippen molar-refractivity contribution in [3.63, 3.8) is 0 Å². The number of aliphatic hydroxyl groups is 3. The Labute approximate surface area is 154 Å². The topological polar surface area (TPSA) is 77.8 Å². The second-order valence-electron chi connectivity index (χ2n) is 8.28. The maximum Gasteiger partial charge on any atom is 0.138 e. The monoisotopic (exact) mass is 356 g/mol. The SMILES string of the molecule is CCCCC(C)(O)CCCC1[C@H](O)CC(=O)[C@@H]1CCCCCCCO. The highest BCUT2D eigenvalue weighted by Crippen LogP contribution is 2.37. The molecule has 25 heavy (non-hydrogen) atoms. The number of hydrogen-bond donors (Lipinski definition) is 3. The van der Waals surface area contributed by atoms with E-state index in [1.165, 1.54) is 0 Å². The molecule has 1 rings (SSSR count). The van der Waals surface area contributed by atoms with Gasteiger partial charge in [0, 0.05) is 18.9 Å². The largest absolute Gasteiger partial charge is 0.396 e. The Balaban J connectivity index is 2.35. The van der Waals surface area contributed by atoms with Crippen LogP contribution in [0.1, 0.15) is 97.3 Å². The van der Waals surface area contributed by atoms with Crippen LogP contribution < -0.4 is 0 Å². The standard InChI is InChI=1S/C21H40O4/c1-3-4-13-21(2,25)14-10-12-18-17(19(23)16-20(18)24)11-8-6-5-7-9-15-22/h17-18,20,22,24-25H,3-16H2,1-2H3/t17-,18?,20-,21?/m1/s1. The average Bonchev–Trinajstić information content (AvgIpc) is 2.82. The van der Waals surface area contributed by atoms with Crippen LogP contribution in [0, 0.1) is 11.8 Å². The summed E-state index contributed by atoms with van der Waals surface area (Å²) in [5.41, 5.74) is -0.619. The van der Waals surface area contributed by atoms with Crippen LogP contribution in [0.4, 0.5) is 0 Å². The third-order valence-electron chi connectivity index (χ3n) is 5.83. The summed E-state index contributed by atoms with van der Waals surface area (Å²) in [6.45, 7) is 4.30. The second-order valence-corrected chi connectivity index (χ2v) is 8.28. The van der Waals surface area contributed by atoms with E-state index < -0.39 is 11.7 Å². The van der Waals surface area contributed by atoms with Gasteiger partial charge in [0.05, 0.1) is 11.7 Å². The quantitative estimate of drug-likeness (QED) is 0.411. The highest BCUT2D eigenvalue weighted by atomic mass is 16.3. The molecule has 0 aliphatic heterocycles. The number of carbonyl (C=O) groups is 1. The maximum absolute atomic E-state index is 12.2. The number of aliphatic hydroxyl groups excluding tert-OH is 2. The normalized spacial score (nSPS) is 26.1. The Morgan fingerprint density at radius 2 is 1.64 bits per heavy atom. The van der Waals surface area contributed by atoms with Crippen LogP contribution in [0.3, 0.4) is 0 Å². The fourth-order valence-electron chi connectivity index (χ4n) is 4.19. The molecular formula is C21H40O4. The van der Waals surface area contributed by atoms with Gasteiger partial charge in [0.2, 0.25) is 0 Å². The van der Waals surface area contributed by atoms with Gasteiger partial charge in [0.15, 0.2) is 0 Å². The zero-order valence-electron chi connectivity index (χ0n) is 16.4. The molecule has 4 heteroatoms. The fraction of sp³-hybridized carbons (Fsp3) is 0.952. The van der Waals surface area contributed by atoms with Crippen LogP contribution in [0.25, 0.3) is 0 Å². The average molecular weight is 357 g/mol. The Hall–Kier alpha value is -0.450. The van der Waals surface area contributed by atoms with Crippen molar-refractivity contribution in [1.82, 2.24) is 0 Å². The molecule has 0 spiro atoms. The number of ketones is 1. The van der Waals surface area contributed by atoms with Crippen molar-refractivity contribution < 1.29 is 20.1 Å². The molecule has 0 amide bonds. The number of rotatable bonds is 14. The number of hydrogen-bond acceptors (Lipinski definition) is 4. The minimum absolute atomic E-state index is 0.00781. The zero-order chi connectivity index (χ0) is 18.7. The predicted molar refractivity (Wildman–Crippen MR) is 101 cm³/mol. The lowest BCUT2D eigenvalue weighted by Gasteiger charge is -2.26. The van der Waals surface area contributed by atoms with Crippen LogP contribution >= 0.6 is 0 Å². The van der Waals surface area contributed by atoms with Crippen molar-refractivity contribution in [2.45, 2.75) is 109 Å². The second kappa shape index (κ2) is 12.0. The fourth-order valence-corrected chi connectivity index (χ4v) is 4.19. The first-order valence-corrected chi connectivity index (χ1v) is 10.5. The summed E-state index contributed by atoms with van der Waals surface area (Å²) >= 11 is 0. The van der Waals surface area contributed by atoms with Gasteiger partial charge in [-0.1, -0.05) is 51.9 Å². The van der Waals surface area contributed by atoms with Gasteiger partial charge >= 0.3 is 0 Å². The maximum atomic E-state index is 12.2. The van der Waals surface area contributed by atoms with E-state index in [9.17, 15) is 15.0 Å². The molecule has 1 aliphatic rings. The Kier molecular flexibility index (Phi) is 10.9. The Morgan fingerprint density at radius 1 is 1.00 bits per heavy atom. The van der Waals surface area contributed by atoms with Gasteiger partial charge < -0.3 is 15.3 Å². The summed E-state index contributed by atoms with van der Waals surface area (Å²) in [6.07, 6.45) is 11.3. The summed E-state index contributed by atoms with van der Waals surface area (Å²) in [4.78, 5) is 12.2. The van der Waals surface area contributed by atoms with Crippen LogP contribution in [-0.2, 0) is 4.79 Å². The molecule has 2 unspecified atom stereocenters. The molecule has 0 saturated heterocycles. The lowest BCUT2D eigenvalue weighted by Crippen LogP contribution is -2.26. The van der Waals surface area contributed by atoms with E-state index in [0.717, 1.165) is 77.0 Å². The first-order chi connectivity index (χ1) is 11.9. The molecular weight excluding hydrogens is 316 g/mol. The van der Waals surface area contributed by atoms with Gasteiger partial charge in [0.25, 0.3) is 0 Å². The number of carbonyl (C=O) groups excluding carboxylic acids is 1. The lowest BCUT2D eigenvalue weighted by molar-refractivity contribution is -0.121. The Bertz CT molecular complexity index is 367. The van der Waals surface area contributed by atoms with Crippen molar-refractivity contribution in [3.05, 3.63) is 0 Å². The molecule has 4 nitrogen and oxygen atoms in total. The summed E-state index contributed by atoms with van der Waals surface area (Å²) in [6, 6.07) is 0. The minimum atomic E-state index is -0.619. The molecule has 0 heterocycles. The van der Waals surface area contributed by atoms with E-state index in [2.05, 4.69) is 6.92 Å². The molecule has 0 radical (unpaired) electrons. The minimum Gasteiger partial charge on any atom is -0.396 e. The smallest absolute Gasteiger partial charge is 0.138 e. The molecule has 3 N–H and O–H groups in total.